The van der Waals surface area contributed by atoms with Gasteiger partial charge in [-0.1, -0.05) is 36.4 Å². The van der Waals surface area contributed by atoms with Crippen molar-refractivity contribution in [3.63, 3.8) is 0 Å². The molecule has 0 saturated carbocycles. The standard InChI is InChI=1S/C18H20N2O3/c19-14-8-6-12-13(17(14)21)7-9-15(16(12)18(20)22)23-10-11-4-2-1-3-5-11/h1-5,7,9,14,17,21H,6,8,10,19H2,(H2,20,22)/t14-,17-/m0/s1. The number of benzene rings is 2. The summed E-state index contributed by atoms with van der Waals surface area (Å²) in [5, 5.41) is 10.2. The van der Waals surface area contributed by atoms with Crippen LogP contribution in [0.2, 0.25) is 0 Å². The van der Waals surface area contributed by atoms with Crippen LogP contribution in [-0.2, 0) is 13.0 Å². The second-order valence-electron chi connectivity index (χ2n) is 5.79. The van der Waals surface area contributed by atoms with Crippen molar-refractivity contribution in [3.8, 4) is 5.75 Å². The molecule has 0 heterocycles. The lowest BCUT2D eigenvalue weighted by Crippen LogP contribution is -2.34. The van der Waals surface area contributed by atoms with Crippen LogP contribution in [0.5, 0.6) is 5.75 Å². The number of rotatable bonds is 4. The Kier molecular flexibility index (Phi) is 4.32. The third kappa shape index (κ3) is 3.06. The average Bonchev–Trinajstić information content (AvgIpc) is 2.56. The molecule has 2 aromatic carbocycles. The second-order valence-corrected chi connectivity index (χ2v) is 5.79. The maximum Gasteiger partial charge on any atom is 0.252 e. The number of carbonyl (C=O) groups is 1. The number of fused-ring (bicyclic) bond motifs is 1. The van der Waals surface area contributed by atoms with Crippen LogP contribution in [0, 0.1) is 0 Å². The number of carbonyl (C=O) groups excluding carboxylic acids is 1. The first-order chi connectivity index (χ1) is 11.1. The van der Waals surface area contributed by atoms with Gasteiger partial charge in [-0.3, -0.25) is 4.79 Å². The zero-order valence-corrected chi connectivity index (χ0v) is 12.7. The number of primary amides is 1. The van der Waals surface area contributed by atoms with Crippen LogP contribution in [0.3, 0.4) is 0 Å². The fourth-order valence-corrected chi connectivity index (χ4v) is 3.01. The van der Waals surface area contributed by atoms with Crippen LogP contribution in [-0.4, -0.2) is 17.1 Å². The van der Waals surface area contributed by atoms with E-state index in [-0.39, 0.29) is 6.04 Å². The molecule has 3 rings (SSSR count). The lowest BCUT2D eigenvalue weighted by Gasteiger charge is -2.29. The zero-order valence-electron chi connectivity index (χ0n) is 12.7. The van der Waals surface area contributed by atoms with Gasteiger partial charge in [0, 0.05) is 6.04 Å². The first-order valence-electron chi connectivity index (χ1n) is 7.64. The van der Waals surface area contributed by atoms with Gasteiger partial charge in [-0.25, -0.2) is 0 Å². The summed E-state index contributed by atoms with van der Waals surface area (Å²) in [7, 11) is 0. The van der Waals surface area contributed by atoms with Crippen molar-refractivity contribution in [2.24, 2.45) is 11.5 Å². The molecule has 2 atom stereocenters. The number of hydrogen-bond acceptors (Lipinski definition) is 4. The summed E-state index contributed by atoms with van der Waals surface area (Å²) in [5.41, 5.74) is 14.2. The molecule has 0 fully saturated rings. The van der Waals surface area contributed by atoms with Crippen LogP contribution in [0.25, 0.3) is 0 Å². The maximum absolute atomic E-state index is 11.9. The Hall–Kier alpha value is -2.37. The summed E-state index contributed by atoms with van der Waals surface area (Å²) >= 11 is 0. The van der Waals surface area contributed by atoms with Crippen molar-refractivity contribution in [1.29, 1.82) is 0 Å². The Morgan fingerprint density at radius 2 is 1.96 bits per heavy atom. The predicted octanol–water partition coefficient (Wildman–Crippen LogP) is 1.67. The first kappa shape index (κ1) is 15.5. The third-order valence-corrected chi connectivity index (χ3v) is 4.25. The van der Waals surface area contributed by atoms with Crippen molar-refractivity contribution >= 4 is 5.91 Å². The van der Waals surface area contributed by atoms with E-state index in [4.69, 9.17) is 16.2 Å². The second kappa shape index (κ2) is 6.40. The molecule has 0 bridgehead atoms. The highest BCUT2D eigenvalue weighted by Gasteiger charge is 2.29. The van der Waals surface area contributed by atoms with Crippen molar-refractivity contribution in [2.45, 2.75) is 31.6 Å². The van der Waals surface area contributed by atoms with E-state index < -0.39 is 12.0 Å². The van der Waals surface area contributed by atoms with Crippen LogP contribution in [0.1, 0.15) is 39.6 Å². The molecule has 1 amide bonds. The summed E-state index contributed by atoms with van der Waals surface area (Å²) in [5.74, 6) is -0.102. The molecule has 0 aliphatic heterocycles. The number of nitrogens with two attached hydrogens (primary N) is 2. The number of aliphatic hydroxyl groups excluding tert-OH is 1. The molecule has 5 nitrogen and oxygen atoms in total. The Bertz CT molecular complexity index is 716. The molecule has 120 valence electrons. The lowest BCUT2D eigenvalue weighted by atomic mass is 9.83. The summed E-state index contributed by atoms with van der Waals surface area (Å²) in [6.45, 7) is 0.349. The Balaban J connectivity index is 1.93. The third-order valence-electron chi connectivity index (χ3n) is 4.25. The number of hydrogen-bond donors (Lipinski definition) is 3. The molecular weight excluding hydrogens is 292 g/mol. The van der Waals surface area contributed by atoms with E-state index in [0.717, 1.165) is 11.1 Å². The highest BCUT2D eigenvalue weighted by Crippen LogP contribution is 2.35. The van der Waals surface area contributed by atoms with Crippen LogP contribution in [0.4, 0.5) is 0 Å². The predicted molar refractivity (Wildman–Crippen MR) is 87.0 cm³/mol. The minimum atomic E-state index is -0.778. The number of amides is 1. The van der Waals surface area contributed by atoms with Gasteiger partial charge < -0.3 is 21.3 Å². The van der Waals surface area contributed by atoms with E-state index in [1.807, 2.05) is 30.3 Å². The van der Waals surface area contributed by atoms with Crippen molar-refractivity contribution in [1.82, 2.24) is 0 Å². The van der Waals surface area contributed by atoms with E-state index >= 15 is 0 Å². The lowest BCUT2D eigenvalue weighted by molar-refractivity contribution is 0.0991. The van der Waals surface area contributed by atoms with E-state index in [9.17, 15) is 9.90 Å². The zero-order chi connectivity index (χ0) is 16.4. The maximum atomic E-state index is 11.9. The van der Waals surface area contributed by atoms with Gasteiger partial charge in [-0.05, 0) is 35.6 Å². The average molecular weight is 312 g/mol. The fourth-order valence-electron chi connectivity index (χ4n) is 3.01. The smallest absolute Gasteiger partial charge is 0.252 e. The molecule has 1 aliphatic rings. The summed E-state index contributed by atoms with van der Waals surface area (Å²) in [6.07, 6.45) is 0.435. The molecule has 0 radical (unpaired) electrons. The van der Waals surface area contributed by atoms with Gasteiger partial charge in [0.15, 0.2) is 0 Å². The van der Waals surface area contributed by atoms with Crippen LogP contribution < -0.4 is 16.2 Å². The van der Waals surface area contributed by atoms with Gasteiger partial charge in [0.1, 0.15) is 12.4 Å². The minimum absolute atomic E-state index is 0.320. The molecule has 1 aliphatic carbocycles. The first-order valence-corrected chi connectivity index (χ1v) is 7.64. The molecule has 0 aromatic heterocycles. The topological polar surface area (TPSA) is 98.6 Å². The van der Waals surface area contributed by atoms with Gasteiger partial charge in [-0.15, -0.1) is 0 Å². The molecule has 0 saturated heterocycles. The van der Waals surface area contributed by atoms with E-state index in [2.05, 4.69) is 0 Å². The SMILES string of the molecule is NC(=O)c1c(OCc2ccccc2)ccc2c1CC[C@H](N)[C@H]2O. The van der Waals surface area contributed by atoms with Crippen LogP contribution in [0.15, 0.2) is 42.5 Å². The summed E-state index contributed by atoms with van der Waals surface area (Å²) in [6, 6.07) is 12.8. The molecular formula is C18H20N2O3. The molecule has 5 N–H and O–H groups in total. The normalized spacial score (nSPS) is 19.9. The summed E-state index contributed by atoms with van der Waals surface area (Å²) in [4.78, 5) is 11.9. The largest absolute Gasteiger partial charge is 0.488 e. The number of aliphatic hydroxyl groups is 1. The van der Waals surface area contributed by atoms with E-state index in [1.165, 1.54) is 0 Å². The highest BCUT2D eigenvalue weighted by atomic mass is 16.5. The number of ether oxygens (including phenoxy) is 1. The van der Waals surface area contributed by atoms with Crippen LogP contribution >= 0.6 is 0 Å². The Morgan fingerprint density at radius 1 is 1.22 bits per heavy atom. The Labute approximate surface area is 134 Å². The molecule has 0 spiro atoms. The molecule has 2 aromatic rings. The Morgan fingerprint density at radius 3 is 2.65 bits per heavy atom. The van der Waals surface area contributed by atoms with Gasteiger partial charge >= 0.3 is 0 Å². The van der Waals surface area contributed by atoms with E-state index in [1.54, 1.807) is 12.1 Å². The fraction of sp³-hybridized carbons (Fsp3) is 0.278. The van der Waals surface area contributed by atoms with Crippen molar-refractivity contribution < 1.29 is 14.6 Å². The molecule has 5 heteroatoms. The van der Waals surface area contributed by atoms with Crippen molar-refractivity contribution in [2.75, 3.05) is 0 Å². The molecule has 23 heavy (non-hydrogen) atoms. The summed E-state index contributed by atoms with van der Waals surface area (Å²) < 4.78 is 5.80. The van der Waals surface area contributed by atoms with Gasteiger partial charge in [0.25, 0.3) is 5.91 Å². The van der Waals surface area contributed by atoms with Gasteiger partial charge in [-0.2, -0.15) is 0 Å². The quantitative estimate of drug-likeness (QED) is 0.799. The van der Waals surface area contributed by atoms with Crippen molar-refractivity contribution in [3.05, 3.63) is 64.7 Å². The highest BCUT2D eigenvalue weighted by molar-refractivity contribution is 5.97. The monoisotopic (exact) mass is 312 g/mol. The van der Waals surface area contributed by atoms with E-state index in [0.29, 0.717) is 36.3 Å². The molecule has 0 unspecified atom stereocenters. The van der Waals surface area contributed by atoms with Gasteiger partial charge in [0.05, 0.1) is 11.7 Å². The van der Waals surface area contributed by atoms with Gasteiger partial charge in [0.2, 0.25) is 0 Å². The minimum Gasteiger partial charge on any atom is -0.488 e.